The molecule has 1 amide bonds. The molecule has 1 fully saturated rings. The molecule has 1 aromatic carbocycles. The van der Waals surface area contributed by atoms with E-state index in [1.165, 1.54) is 19.6 Å². The van der Waals surface area contributed by atoms with Crippen LogP contribution in [0.25, 0.3) is 0 Å². The number of hydrogen-bond donors (Lipinski definition) is 2. The highest BCUT2D eigenvalue weighted by Crippen LogP contribution is 2.31. The molecule has 0 saturated heterocycles. The predicted molar refractivity (Wildman–Crippen MR) is 81.7 cm³/mol. The number of nitrogens with one attached hydrogen (secondary N) is 1. The van der Waals surface area contributed by atoms with Gasteiger partial charge in [-0.1, -0.05) is 35.2 Å². The van der Waals surface area contributed by atoms with Gasteiger partial charge in [-0.3, -0.25) is 4.79 Å². The summed E-state index contributed by atoms with van der Waals surface area (Å²) in [6.45, 7) is 0. The molecule has 2 rings (SSSR count). The van der Waals surface area contributed by atoms with Gasteiger partial charge in [-0.15, -0.1) is 0 Å². The molecule has 4 nitrogen and oxygen atoms in total. The Labute approximate surface area is 127 Å². The normalized spacial score (nSPS) is 17.5. The van der Waals surface area contributed by atoms with Gasteiger partial charge in [0.25, 0.3) is 5.91 Å². The lowest BCUT2D eigenvalue weighted by Crippen LogP contribution is -2.51. The highest BCUT2D eigenvalue weighted by Gasteiger charge is 2.33. The van der Waals surface area contributed by atoms with Crippen LogP contribution in [0.1, 0.15) is 42.5 Å². The Balaban J connectivity index is 2.18. The molecular weight excluding hydrogens is 322 g/mol. The number of alkyl halides is 1. The van der Waals surface area contributed by atoms with Crippen LogP contribution in [0.3, 0.4) is 0 Å². The monoisotopic (exact) mass is 341 g/mol. The second-order valence-corrected chi connectivity index (χ2v) is 5.87. The van der Waals surface area contributed by atoms with Crippen LogP contribution in [-0.2, 0) is 0 Å². The van der Waals surface area contributed by atoms with Gasteiger partial charge < -0.3 is 15.2 Å². The lowest BCUT2D eigenvalue weighted by molar-refractivity contribution is 0.0883. The molecule has 0 aromatic heterocycles. The molecule has 110 valence electrons. The molecule has 1 aromatic rings. The second-order valence-electron chi connectivity index (χ2n) is 5.31. The standard InChI is InChI=1S/C15H20BrNO3/c1-20-11-5-6-13(18)12(9-11)14(19)17-15(10-16)7-3-2-4-8-15/h5-6,9,18H,2-4,7-8,10H2,1H3,(H,17,19). The van der Waals surface area contributed by atoms with E-state index in [1.807, 2.05) is 0 Å². The quantitative estimate of drug-likeness (QED) is 0.826. The molecule has 2 N–H and O–H groups in total. The van der Waals surface area contributed by atoms with Gasteiger partial charge >= 0.3 is 0 Å². The fraction of sp³-hybridized carbons (Fsp3) is 0.533. The van der Waals surface area contributed by atoms with Crippen LogP contribution in [0.4, 0.5) is 0 Å². The van der Waals surface area contributed by atoms with Gasteiger partial charge in [0.15, 0.2) is 0 Å². The Hall–Kier alpha value is -1.23. The van der Waals surface area contributed by atoms with E-state index < -0.39 is 0 Å². The first-order chi connectivity index (χ1) is 9.60. The first kappa shape index (κ1) is 15.2. The largest absolute Gasteiger partial charge is 0.507 e. The number of phenolic OH excluding ortho intramolecular Hbond substituents is 1. The van der Waals surface area contributed by atoms with Crippen LogP contribution in [0.2, 0.25) is 0 Å². The van der Waals surface area contributed by atoms with E-state index in [1.54, 1.807) is 12.1 Å². The van der Waals surface area contributed by atoms with Crippen molar-refractivity contribution in [2.75, 3.05) is 12.4 Å². The van der Waals surface area contributed by atoms with Crippen molar-refractivity contribution in [3.8, 4) is 11.5 Å². The Morgan fingerprint density at radius 3 is 2.70 bits per heavy atom. The maximum atomic E-state index is 12.4. The number of methoxy groups -OCH3 is 1. The number of benzene rings is 1. The van der Waals surface area contributed by atoms with Crippen LogP contribution < -0.4 is 10.1 Å². The van der Waals surface area contributed by atoms with Crippen molar-refractivity contribution >= 4 is 21.8 Å². The van der Waals surface area contributed by atoms with E-state index in [0.29, 0.717) is 5.75 Å². The molecule has 0 heterocycles. The minimum atomic E-state index is -0.247. The van der Waals surface area contributed by atoms with Crippen LogP contribution in [0, 0.1) is 0 Å². The summed E-state index contributed by atoms with van der Waals surface area (Å²) in [7, 11) is 1.54. The highest BCUT2D eigenvalue weighted by atomic mass is 79.9. The minimum Gasteiger partial charge on any atom is -0.507 e. The number of ether oxygens (including phenoxy) is 1. The van der Waals surface area contributed by atoms with Crippen molar-refractivity contribution in [3.05, 3.63) is 23.8 Å². The predicted octanol–water partition coefficient (Wildman–Crippen LogP) is 3.23. The van der Waals surface area contributed by atoms with E-state index >= 15 is 0 Å². The van der Waals surface area contributed by atoms with Crippen molar-refractivity contribution in [2.45, 2.75) is 37.6 Å². The van der Waals surface area contributed by atoms with Crippen molar-refractivity contribution in [2.24, 2.45) is 0 Å². The first-order valence-corrected chi connectivity index (χ1v) is 7.98. The minimum absolute atomic E-state index is 0.0242. The zero-order valence-corrected chi connectivity index (χ0v) is 13.2. The Morgan fingerprint density at radius 1 is 1.40 bits per heavy atom. The van der Waals surface area contributed by atoms with E-state index in [-0.39, 0.29) is 22.8 Å². The molecule has 0 radical (unpaired) electrons. The molecule has 0 atom stereocenters. The molecule has 5 heteroatoms. The van der Waals surface area contributed by atoms with Crippen molar-refractivity contribution in [1.82, 2.24) is 5.32 Å². The molecule has 0 unspecified atom stereocenters. The van der Waals surface area contributed by atoms with E-state index in [4.69, 9.17) is 4.74 Å². The van der Waals surface area contributed by atoms with E-state index in [9.17, 15) is 9.90 Å². The average Bonchev–Trinajstić information content (AvgIpc) is 2.48. The van der Waals surface area contributed by atoms with Crippen LogP contribution in [0.5, 0.6) is 11.5 Å². The average molecular weight is 342 g/mol. The Kier molecular flexibility index (Phi) is 4.91. The van der Waals surface area contributed by atoms with Crippen LogP contribution in [-0.4, -0.2) is 29.0 Å². The maximum absolute atomic E-state index is 12.4. The van der Waals surface area contributed by atoms with Gasteiger partial charge in [-0.2, -0.15) is 0 Å². The number of hydrogen-bond acceptors (Lipinski definition) is 3. The van der Waals surface area contributed by atoms with E-state index in [0.717, 1.165) is 31.0 Å². The third-order valence-electron chi connectivity index (χ3n) is 3.89. The van der Waals surface area contributed by atoms with Gasteiger partial charge in [-0.25, -0.2) is 0 Å². The number of phenols is 1. The molecule has 20 heavy (non-hydrogen) atoms. The van der Waals surface area contributed by atoms with Gasteiger partial charge in [0, 0.05) is 5.33 Å². The number of amides is 1. The second kappa shape index (κ2) is 6.48. The summed E-state index contributed by atoms with van der Waals surface area (Å²) in [6.07, 6.45) is 5.39. The lowest BCUT2D eigenvalue weighted by Gasteiger charge is -2.36. The number of carbonyl (C=O) groups excluding carboxylic acids is 1. The molecule has 1 aliphatic carbocycles. The zero-order chi connectivity index (χ0) is 14.6. The SMILES string of the molecule is COc1ccc(O)c(C(=O)NC2(CBr)CCCCC2)c1. The molecule has 0 bridgehead atoms. The van der Waals surface area contributed by atoms with Crippen LogP contribution in [0.15, 0.2) is 18.2 Å². The highest BCUT2D eigenvalue weighted by molar-refractivity contribution is 9.09. The number of rotatable bonds is 4. The topological polar surface area (TPSA) is 58.6 Å². The third-order valence-corrected chi connectivity index (χ3v) is 4.97. The van der Waals surface area contributed by atoms with Gasteiger partial charge in [-0.05, 0) is 31.0 Å². The summed E-state index contributed by atoms with van der Waals surface area (Å²) < 4.78 is 5.10. The zero-order valence-electron chi connectivity index (χ0n) is 11.6. The molecular formula is C15H20BrNO3. The summed E-state index contributed by atoms with van der Waals surface area (Å²) in [5.41, 5.74) is 0.0560. The summed E-state index contributed by atoms with van der Waals surface area (Å²) in [6, 6.07) is 4.68. The third kappa shape index (κ3) is 3.26. The summed E-state index contributed by atoms with van der Waals surface area (Å²) in [5.74, 6) is 0.288. The van der Waals surface area contributed by atoms with Gasteiger partial charge in [0.05, 0.1) is 18.2 Å². The number of halogens is 1. The lowest BCUT2D eigenvalue weighted by atomic mass is 9.83. The fourth-order valence-electron chi connectivity index (χ4n) is 2.65. The maximum Gasteiger partial charge on any atom is 0.255 e. The molecule has 1 aliphatic rings. The fourth-order valence-corrected chi connectivity index (χ4v) is 3.35. The number of carbonyl (C=O) groups is 1. The van der Waals surface area contributed by atoms with Crippen molar-refractivity contribution < 1.29 is 14.6 Å². The molecule has 0 aliphatic heterocycles. The van der Waals surface area contributed by atoms with E-state index in [2.05, 4.69) is 21.2 Å². The van der Waals surface area contributed by atoms with Gasteiger partial charge in [0.2, 0.25) is 0 Å². The Bertz CT molecular complexity index is 484. The molecule has 1 saturated carbocycles. The van der Waals surface area contributed by atoms with Crippen LogP contribution >= 0.6 is 15.9 Å². The van der Waals surface area contributed by atoms with Gasteiger partial charge in [0.1, 0.15) is 11.5 Å². The molecule has 0 spiro atoms. The first-order valence-electron chi connectivity index (χ1n) is 6.86. The smallest absolute Gasteiger partial charge is 0.255 e. The Morgan fingerprint density at radius 2 is 2.10 bits per heavy atom. The van der Waals surface area contributed by atoms with Crippen molar-refractivity contribution in [3.63, 3.8) is 0 Å². The number of aromatic hydroxyl groups is 1. The summed E-state index contributed by atoms with van der Waals surface area (Å²) >= 11 is 3.51. The summed E-state index contributed by atoms with van der Waals surface area (Å²) in [4.78, 5) is 12.4. The van der Waals surface area contributed by atoms with Crippen molar-refractivity contribution in [1.29, 1.82) is 0 Å². The summed E-state index contributed by atoms with van der Waals surface area (Å²) in [5, 5.41) is 13.7.